The summed E-state index contributed by atoms with van der Waals surface area (Å²) in [6.45, 7) is 6.90. The van der Waals surface area contributed by atoms with Gasteiger partial charge in [-0.05, 0) is 168 Å². The van der Waals surface area contributed by atoms with Gasteiger partial charge >= 0.3 is 0 Å². The molecule has 0 N–H and O–H groups in total. The minimum Gasteiger partial charge on any atom is -0.457 e. The second-order valence-corrected chi connectivity index (χ2v) is 18.6. The van der Waals surface area contributed by atoms with Crippen molar-refractivity contribution in [2.24, 2.45) is 23.7 Å². The summed E-state index contributed by atoms with van der Waals surface area (Å²) in [6, 6.07) is 55.6. The van der Waals surface area contributed by atoms with Gasteiger partial charge in [0.2, 0.25) is 0 Å². The Balaban J connectivity index is 0.993. The number of fused-ring (bicyclic) bond motifs is 6. The Morgan fingerprint density at radius 1 is 0.525 bits per heavy atom. The Hall–Kier alpha value is -6.06. The quantitative estimate of drug-likeness (QED) is 0.161. The number of benzene rings is 7. The van der Waals surface area contributed by atoms with Crippen LogP contribution in [0.4, 0.5) is 17.1 Å². The van der Waals surface area contributed by atoms with Gasteiger partial charge in [0, 0.05) is 39.3 Å². The van der Waals surface area contributed by atoms with E-state index < -0.39 is 0 Å². The molecule has 13 rings (SSSR count). The summed E-state index contributed by atoms with van der Waals surface area (Å²) in [4.78, 5) is 2.44. The minimum absolute atomic E-state index is 0.116. The highest BCUT2D eigenvalue weighted by molar-refractivity contribution is 6.05. The van der Waals surface area contributed by atoms with E-state index in [1.54, 1.807) is 0 Å². The normalized spacial score (nSPS) is 22.1. The molecule has 0 atom stereocenters. The predicted octanol–water partition coefficient (Wildman–Crippen LogP) is 15.7. The highest BCUT2D eigenvalue weighted by atomic mass is 16.5. The third kappa shape index (κ3) is 5.61. The molecule has 1 heterocycles. The number of rotatable bonds is 7. The van der Waals surface area contributed by atoms with E-state index in [4.69, 9.17) is 9.15 Å². The lowest BCUT2D eigenvalue weighted by atomic mass is 9.50. The van der Waals surface area contributed by atoms with Crippen molar-refractivity contribution in [1.29, 1.82) is 0 Å². The van der Waals surface area contributed by atoms with Crippen molar-refractivity contribution < 1.29 is 9.15 Å². The Morgan fingerprint density at radius 2 is 1.17 bits per heavy atom. The minimum atomic E-state index is -0.116. The topological polar surface area (TPSA) is 25.6 Å². The predicted molar refractivity (Wildman–Crippen MR) is 242 cm³/mol. The molecule has 4 saturated carbocycles. The Morgan fingerprint density at radius 3 is 1.98 bits per heavy atom. The highest BCUT2D eigenvalue weighted by Crippen LogP contribution is 2.61. The molecule has 8 aromatic rings. The maximum Gasteiger partial charge on any atom is 0.136 e. The summed E-state index contributed by atoms with van der Waals surface area (Å²) in [6.07, 6.45) is 6.95. The van der Waals surface area contributed by atoms with Crippen LogP contribution in [0.25, 0.3) is 44.2 Å². The monoisotopic (exact) mass is 767 g/mol. The molecule has 0 unspecified atom stereocenters. The van der Waals surface area contributed by atoms with Crippen molar-refractivity contribution in [2.75, 3.05) is 4.90 Å². The third-order valence-electron chi connectivity index (χ3n) is 14.8. The van der Waals surface area contributed by atoms with Crippen molar-refractivity contribution in [2.45, 2.75) is 64.2 Å². The summed E-state index contributed by atoms with van der Waals surface area (Å²) < 4.78 is 13.4. The van der Waals surface area contributed by atoms with Crippen molar-refractivity contribution in [1.82, 2.24) is 0 Å². The van der Waals surface area contributed by atoms with E-state index in [9.17, 15) is 0 Å². The van der Waals surface area contributed by atoms with E-state index in [1.807, 2.05) is 12.1 Å². The number of nitrogens with zero attached hydrogens (tertiary/aromatic N) is 1. The van der Waals surface area contributed by atoms with Crippen LogP contribution in [0.2, 0.25) is 0 Å². The zero-order valence-corrected chi connectivity index (χ0v) is 34.1. The van der Waals surface area contributed by atoms with Crippen molar-refractivity contribution in [3.63, 3.8) is 0 Å². The van der Waals surface area contributed by atoms with E-state index in [1.165, 1.54) is 59.9 Å². The molecular formula is C56H49NO2. The average molecular weight is 768 g/mol. The zero-order chi connectivity index (χ0) is 39.4. The lowest BCUT2D eigenvalue weighted by Crippen LogP contribution is -2.43. The number of para-hydroxylation sites is 2. The summed E-state index contributed by atoms with van der Waals surface area (Å²) in [5, 5.41) is 2.30. The molecule has 4 fully saturated rings. The first-order valence-corrected chi connectivity index (χ1v) is 21.8. The Kier molecular flexibility index (Phi) is 7.83. The zero-order valence-electron chi connectivity index (χ0n) is 34.1. The SMILES string of the molecule is Cc1ccccc1Oc1cc(N(c2ccc(-c3ccc4c(c3)oc3ccccc34)cc2)c2ccc3c(c2)C(C)(C)c2ccccc2-3)ccc1C1[C@H]2C[C@@H]3C[C@@H](C[C@@H]1C3)C2. The maximum absolute atomic E-state index is 7.11. The van der Waals surface area contributed by atoms with Gasteiger partial charge in [-0.2, -0.15) is 0 Å². The first-order chi connectivity index (χ1) is 28.9. The van der Waals surface area contributed by atoms with Crippen LogP contribution in [0.3, 0.4) is 0 Å². The summed E-state index contributed by atoms with van der Waals surface area (Å²) in [5.74, 6) is 5.82. The summed E-state index contributed by atoms with van der Waals surface area (Å²) in [7, 11) is 0. The third-order valence-corrected chi connectivity index (χ3v) is 14.8. The van der Waals surface area contributed by atoms with E-state index in [-0.39, 0.29) is 5.41 Å². The molecule has 7 aromatic carbocycles. The van der Waals surface area contributed by atoms with Gasteiger partial charge in [-0.15, -0.1) is 0 Å². The number of hydrogen-bond acceptors (Lipinski definition) is 3. The molecule has 4 bridgehead atoms. The molecule has 0 saturated heterocycles. The van der Waals surface area contributed by atoms with Crippen LogP contribution in [0.1, 0.15) is 74.1 Å². The van der Waals surface area contributed by atoms with Crippen molar-refractivity contribution in [3.05, 3.63) is 174 Å². The maximum atomic E-state index is 7.11. The summed E-state index contributed by atoms with van der Waals surface area (Å²) in [5.41, 5.74) is 15.3. The van der Waals surface area contributed by atoms with Crippen LogP contribution in [0.5, 0.6) is 11.5 Å². The molecule has 3 heteroatoms. The number of ether oxygens (including phenoxy) is 1. The van der Waals surface area contributed by atoms with Crippen LogP contribution in [-0.4, -0.2) is 0 Å². The average Bonchev–Trinajstić information content (AvgIpc) is 3.73. The molecule has 5 aliphatic carbocycles. The lowest BCUT2D eigenvalue weighted by molar-refractivity contribution is -0.00335. The van der Waals surface area contributed by atoms with E-state index in [0.717, 1.165) is 90.9 Å². The fourth-order valence-corrected chi connectivity index (χ4v) is 12.2. The second kappa shape index (κ2) is 13.2. The second-order valence-electron chi connectivity index (χ2n) is 18.6. The Labute approximate surface area is 347 Å². The van der Waals surface area contributed by atoms with Gasteiger partial charge in [0.15, 0.2) is 0 Å². The first kappa shape index (κ1) is 34.9. The van der Waals surface area contributed by atoms with Gasteiger partial charge < -0.3 is 14.1 Å². The molecule has 5 aliphatic rings. The first-order valence-electron chi connectivity index (χ1n) is 21.8. The smallest absolute Gasteiger partial charge is 0.136 e. The summed E-state index contributed by atoms with van der Waals surface area (Å²) >= 11 is 0. The number of aryl methyl sites for hydroxylation is 1. The molecule has 290 valence electrons. The van der Waals surface area contributed by atoms with Gasteiger partial charge in [0.1, 0.15) is 22.7 Å². The van der Waals surface area contributed by atoms with Crippen molar-refractivity contribution >= 4 is 39.0 Å². The molecule has 0 aliphatic heterocycles. The van der Waals surface area contributed by atoms with Crippen LogP contribution < -0.4 is 9.64 Å². The van der Waals surface area contributed by atoms with Crippen molar-refractivity contribution in [3.8, 4) is 33.8 Å². The molecule has 3 nitrogen and oxygen atoms in total. The van der Waals surface area contributed by atoms with Gasteiger partial charge in [0.25, 0.3) is 0 Å². The van der Waals surface area contributed by atoms with E-state index >= 15 is 0 Å². The number of anilines is 3. The van der Waals surface area contributed by atoms with Crippen LogP contribution in [0.15, 0.2) is 156 Å². The lowest BCUT2D eigenvalue weighted by Gasteiger charge is -2.54. The number of hydrogen-bond donors (Lipinski definition) is 0. The van der Waals surface area contributed by atoms with Crippen LogP contribution in [0, 0.1) is 30.6 Å². The van der Waals surface area contributed by atoms with E-state index in [2.05, 4.69) is 165 Å². The molecule has 59 heavy (non-hydrogen) atoms. The molecule has 0 radical (unpaired) electrons. The van der Waals surface area contributed by atoms with Gasteiger partial charge in [-0.1, -0.05) is 105 Å². The van der Waals surface area contributed by atoms with Crippen LogP contribution in [-0.2, 0) is 5.41 Å². The molecule has 1 aromatic heterocycles. The highest BCUT2D eigenvalue weighted by Gasteiger charge is 2.49. The standard InChI is InChI=1S/C56H49NO2/c1-34-10-4-8-14-51(34)58-54-33-43(22-25-48(54)55-39-27-35-26-36(29-39)30-40(55)28-35)57(42-21-24-45-44-11-5-7-13-49(44)56(2,3)50(45)32-42)41-19-16-37(17-20-41)38-18-23-47-46-12-6-9-15-52(46)59-53(47)31-38/h4-25,31-33,35-36,39-40,55H,26-30H2,1-3H3/t35-,36+,39-,40-,55?. The largest absolute Gasteiger partial charge is 0.457 e. The fourth-order valence-electron chi connectivity index (χ4n) is 12.2. The van der Waals surface area contributed by atoms with Gasteiger partial charge in [-0.25, -0.2) is 0 Å². The van der Waals surface area contributed by atoms with Gasteiger partial charge in [-0.3, -0.25) is 0 Å². The number of furan rings is 1. The fraction of sp³-hybridized carbons (Fsp3) is 0.250. The molecular weight excluding hydrogens is 719 g/mol. The molecule has 0 spiro atoms. The van der Waals surface area contributed by atoms with Crippen LogP contribution >= 0.6 is 0 Å². The molecule has 0 amide bonds. The Bertz CT molecular complexity index is 2900. The van der Waals surface area contributed by atoms with Gasteiger partial charge in [0.05, 0.1) is 0 Å². The van der Waals surface area contributed by atoms with E-state index in [0.29, 0.717) is 5.92 Å².